The van der Waals surface area contributed by atoms with Crippen LogP contribution in [-0.4, -0.2) is 18.8 Å². The molecule has 6 heteroatoms. The second-order valence-electron chi connectivity index (χ2n) is 2.43. The Bertz CT molecular complexity index is 107. The predicted octanol–water partition coefficient (Wildman–Crippen LogP) is 1.43. The van der Waals surface area contributed by atoms with Gasteiger partial charge in [0.2, 0.25) is 0 Å². The molecule has 0 aliphatic carbocycles. The highest BCUT2D eigenvalue weighted by Gasteiger charge is 2.35. The Balaban J connectivity index is 0. The van der Waals surface area contributed by atoms with Crippen molar-refractivity contribution in [3.8, 4) is 0 Å². The van der Waals surface area contributed by atoms with Crippen molar-refractivity contribution < 1.29 is 13.2 Å². The average Bonchev–Trinajstić information content (AvgIpc) is 1.86. The molecule has 0 unspecified atom stereocenters. The molecule has 0 spiro atoms. The van der Waals surface area contributed by atoms with E-state index in [2.05, 4.69) is 0 Å². The molecule has 76 valence electrons. The van der Waals surface area contributed by atoms with Gasteiger partial charge in [-0.05, 0) is 19.4 Å². The maximum atomic E-state index is 11.7. The lowest BCUT2D eigenvalue weighted by Crippen LogP contribution is -2.37. The number of rotatable bonds is 4. The van der Waals surface area contributed by atoms with E-state index in [1.54, 1.807) is 0 Å². The van der Waals surface area contributed by atoms with Crippen LogP contribution in [0, 0.1) is 0 Å². The third-order valence-corrected chi connectivity index (χ3v) is 1.39. The Morgan fingerprint density at radius 2 is 1.67 bits per heavy atom. The fourth-order valence-corrected chi connectivity index (χ4v) is 0.672. The van der Waals surface area contributed by atoms with E-state index in [1.807, 2.05) is 0 Å². The monoisotopic (exact) mass is 206 g/mol. The number of hydrogen-bond acceptors (Lipinski definition) is 2. The highest BCUT2D eigenvalue weighted by molar-refractivity contribution is 5.85. The van der Waals surface area contributed by atoms with Gasteiger partial charge >= 0.3 is 6.18 Å². The molecule has 0 rings (SSSR count). The van der Waals surface area contributed by atoms with Crippen LogP contribution in [0.25, 0.3) is 0 Å². The summed E-state index contributed by atoms with van der Waals surface area (Å²) in [7, 11) is 0. The van der Waals surface area contributed by atoms with Crippen LogP contribution in [0.3, 0.4) is 0 Å². The molecule has 0 aliphatic rings. The molecule has 0 radical (unpaired) electrons. The third kappa shape index (κ3) is 6.69. The van der Waals surface area contributed by atoms with Crippen LogP contribution >= 0.6 is 12.4 Å². The second-order valence-corrected chi connectivity index (χ2v) is 2.43. The summed E-state index contributed by atoms with van der Waals surface area (Å²) >= 11 is 0. The lowest BCUT2D eigenvalue weighted by molar-refractivity contribution is -0.149. The van der Waals surface area contributed by atoms with Gasteiger partial charge in [0, 0.05) is 0 Å². The van der Waals surface area contributed by atoms with Crippen molar-refractivity contribution in [2.75, 3.05) is 6.54 Å². The molecule has 0 saturated heterocycles. The smallest absolute Gasteiger partial charge is 0.330 e. The molecular formula is C6H14ClF3N2. The molecule has 2 nitrogen and oxygen atoms in total. The summed E-state index contributed by atoms with van der Waals surface area (Å²) in [4.78, 5) is 0. The quantitative estimate of drug-likeness (QED) is 0.684. The summed E-state index contributed by atoms with van der Waals surface area (Å²) < 4.78 is 35.2. The van der Waals surface area contributed by atoms with Crippen LogP contribution < -0.4 is 11.5 Å². The van der Waals surface area contributed by atoms with Gasteiger partial charge in [0.25, 0.3) is 0 Å². The zero-order chi connectivity index (χ0) is 8.91. The molecule has 0 aromatic carbocycles. The van der Waals surface area contributed by atoms with Crippen LogP contribution in [0.4, 0.5) is 13.2 Å². The minimum absolute atomic E-state index is 0. The van der Waals surface area contributed by atoms with Gasteiger partial charge < -0.3 is 11.5 Å². The molecule has 1 atom stereocenters. The van der Waals surface area contributed by atoms with E-state index < -0.39 is 12.2 Å². The number of halogens is 4. The Morgan fingerprint density at radius 3 is 2.00 bits per heavy atom. The van der Waals surface area contributed by atoms with E-state index in [1.165, 1.54) is 0 Å². The van der Waals surface area contributed by atoms with E-state index >= 15 is 0 Å². The standard InChI is InChI=1S/C6H13F3N2.ClH/c7-6(8,9)5(11)3-1-2-4-10;/h5H,1-4,10-11H2;1H/t5-;/m0./s1. The van der Waals surface area contributed by atoms with Crippen LogP contribution in [0.1, 0.15) is 19.3 Å². The average molecular weight is 207 g/mol. The number of nitrogens with two attached hydrogens (primary N) is 2. The molecule has 0 bridgehead atoms. The number of unbranched alkanes of at least 4 members (excludes halogenated alkanes) is 1. The van der Waals surface area contributed by atoms with E-state index in [0.717, 1.165) is 0 Å². The Kier molecular flexibility index (Phi) is 7.88. The summed E-state index contributed by atoms with van der Waals surface area (Å²) in [5.74, 6) is 0. The zero-order valence-electron chi connectivity index (χ0n) is 6.60. The minimum atomic E-state index is -4.26. The lowest BCUT2D eigenvalue weighted by Gasteiger charge is -2.14. The molecule has 0 heterocycles. The Labute approximate surface area is 75.9 Å². The van der Waals surface area contributed by atoms with E-state index in [0.29, 0.717) is 19.4 Å². The minimum Gasteiger partial charge on any atom is -0.330 e. The SMILES string of the molecule is Cl.NCCCC[C@H](N)C(F)(F)F. The molecule has 4 N–H and O–H groups in total. The summed E-state index contributed by atoms with van der Waals surface area (Å²) in [6.45, 7) is 0.421. The van der Waals surface area contributed by atoms with Gasteiger partial charge in [-0.3, -0.25) is 0 Å². The first kappa shape index (κ1) is 14.5. The molecule has 0 fully saturated rings. The van der Waals surface area contributed by atoms with Crippen LogP contribution in [-0.2, 0) is 0 Å². The summed E-state index contributed by atoms with van der Waals surface area (Å²) in [5, 5.41) is 0. The van der Waals surface area contributed by atoms with Crippen molar-refractivity contribution in [3.63, 3.8) is 0 Å². The molecule has 0 aromatic rings. The van der Waals surface area contributed by atoms with Crippen LogP contribution in [0.5, 0.6) is 0 Å². The van der Waals surface area contributed by atoms with Crippen molar-refractivity contribution in [1.82, 2.24) is 0 Å². The molecule has 0 amide bonds. The summed E-state index contributed by atoms with van der Waals surface area (Å²) in [6.07, 6.45) is -3.24. The first-order valence-electron chi connectivity index (χ1n) is 3.51. The van der Waals surface area contributed by atoms with Gasteiger partial charge in [0.15, 0.2) is 0 Å². The Hall–Kier alpha value is -0.0000000000000000555. The van der Waals surface area contributed by atoms with Crippen molar-refractivity contribution in [1.29, 1.82) is 0 Å². The maximum Gasteiger partial charge on any atom is 0.403 e. The van der Waals surface area contributed by atoms with Crippen molar-refractivity contribution >= 4 is 12.4 Å². The fourth-order valence-electron chi connectivity index (χ4n) is 0.672. The normalized spacial score (nSPS) is 13.8. The van der Waals surface area contributed by atoms with Crippen molar-refractivity contribution in [2.24, 2.45) is 11.5 Å². The van der Waals surface area contributed by atoms with Gasteiger partial charge in [-0.2, -0.15) is 13.2 Å². The molecule has 0 aromatic heterocycles. The first-order chi connectivity index (χ1) is 4.98. The molecule has 12 heavy (non-hydrogen) atoms. The van der Waals surface area contributed by atoms with Gasteiger partial charge in [-0.25, -0.2) is 0 Å². The highest BCUT2D eigenvalue weighted by Crippen LogP contribution is 2.21. The maximum absolute atomic E-state index is 11.7. The third-order valence-electron chi connectivity index (χ3n) is 1.39. The highest BCUT2D eigenvalue weighted by atomic mass is 35.5. The number of alkyl halides is 3. The largest absolute Gasteiger partial charge is 0.403 e. The van der Waals surface area contributed by atoms with E-state index in [-0.39, 0.29) is 18.8 Å². The van der Waals surface area contributed by atoms with Crippen LogP contribution in [0.15, 0.2) is 0 Å². The van der Waals surface area contributed by atoms with Gasteiger partial charge in [-0.1, -0.05) is 6.42 Å². The summed E-state index contributed by atoms with van der Waals surface area (Å²) in [5.41, 5.74) is 9.93. The van der Waals surface area contributed by atoms with Crippen molar-refractivity contribution in [3.05, 3.63) is 0 Å². The summed E-state index contributed by atoms with van der Waals surface area (Å²) in [6, 6.07) is -1.69. The topological polar surface area (TPSA) is 52.0 Å². The van der Waals surface area contributed by atoms with E-state index in [4.69, 9.17) is 11.5 Å². The molecule has 0 saturated carbocycles. The molecular weight excluding hydrogens is 193 g/mol. The second kappa shape index (κ2) is 6.51. The fraction of sp³-hybridized carbons (Fsp3) is 1.00. The predicted molar refractivity (Wildman–Crippen MR) is 44.2 cm³/mol. The molecule has 0 aliphatic heterocycles. The van der Waals surface area contributed by atoms with E-state index in [9.17, 15) is 13.2 Å². The van der Waals surface area contributed by atoms with Crippen molar-refractivity contribution in [2.45, 2.75) is 31.5 Å². The van der Waals surface area contributed by atoms with Crippen LogP contribution in [0.2, 0.25) is 0 Å². The lowest BCUT2D eigenvalue weighted by atomic mass is 10.1. The number of hydrogen-bond donors (Lipinski definition) is 2. The van der Waals surface area contributed by atoms with Gasteiger partial charge in [0.05, 0.1) is 0 Å². The first-order valence-corrected chi connectivity index (χ1v) is 3.51. The van der Waals surface area contributed by atoms with Gasteiger partial charge in [-0.15, -0.1) is 12.4 Å². The zero-order valence-corrected chi connectivity index (χ0v) is 7.42. The van der Waals surface area contributed by atoms with Gasteiger partial charge in [0.1, 0.15) is 6.04 Å². The Morgan fingerprint density at radius 1 is 1.17 bits per heavy atom.